The first-order valence-electron chi connectivity index (χ1n) is 12.4. The predicted octanol–water partition coefficient (Wildman–Crippen LogP) is 3.60. The van der Waals surface area contributed by atoms with Gasteiger partial charge in [-0.3, -0.25) is 14.5 Å². The molecule has 0 bridgehead atoms. The fourth-order valence-corrected chi connectivity index (χ4v) is 4.82. The molecule has 1 aromatic heterocycles. The largest absolute Gasteiger partial charge is 0.467 e. The summed E-state index contributed by atoms with van der Waals surface area (Å²) in [6, 6.07) is 6.93. The third-order valence-corrected chi connectivity index (χ3v) is 7.11. The van der Waals surface area contributed by atoms with Gasteiger partial charge in [0.15, 0.2) is 5.82 Å². The molecule has 3 aromatic rings. The van der Waals surface area contributed by atoms with Gasteiger partial charge in [-0.25, -0.2) is 18.7 Å². The Kier molecular flexibility index (Phi) is 8.61. The first-order valence-corrected chi connectivity index (χ1v) is 12.8. The Balaban J connectivity index is 1.60. The summed E-state index contributed by atoms with van der Waals surface area (Å²) in [5.41, 5.74) is 13.6. The maximum absolute atomic E-state index is 14.4. The number of carbonyl (C=O) groups is 2. The van der Waals surface area contributed by atoms with Crippen molar-refractivity contribution in [2.75, 3.05) is 38.5 Å². The number of hydrogen-bond acceptors (Lipinski definition) is 7. The predicted molar refractivity (Wildman–Crippen MR) is 143 cm³/mol. The molecule has 12 heteroatoms. The van der Waals surface area contributed by atoms with Crippen molar-refractivity contribution in [2.45, 2.75) is 26.4 Å². The average Bonchev–Trinajstić information content (AvgIpc) is 2.91. The summed E-state index contributed by atoms with van der Waals surface area (Å²) >= 11 is 5.99. The molecule has 2 heterocycles. The highest BCUT2D eigenvalue weighted by Gasteiger charge is 2.23. The summed E-state index contributed by atoms with van der Waals surface area (Å²) < 4.78 is 34.2. The van der Waals surface area contributed by atoms with Crippen LogP contribution in [-0.4, -0.2) is 64.3 Å². The van der Waals surface area contributed by atoms with Crippen LogP contribution >= 0.6 is 11.6 Å². The first kappa shape index (κ1) is 28.2. The molecule has 1 aliphatic heterocycles. The minimum atomic E-state index is -1.02. The molecule has 4 N–H and O–H groups in total. The van der Waals surface area contributed by atoms with Gasteiger partial charge >= 0.3 is 0 Å². The van der Waals surface area contributed by atoms with Gasteiger partial charge in [-0.2, -0.15) is 0 Å². The number of nitrogens with zero attached hydrogens (tertiary/aromatic N) is 4. The molecule has 206 valence electrons. The number of ether oxygens (including phenoxy) is 1. The van der Waals surface area contributed by atoms with Gasteiger partial charge in [-0.1, -0.05) is 17.7 Å². The fraction of sp³-hybridized carbons (Fsp3) is 0.333. The third-order valence-electron chi connectivity index (χ3n) is 6.72. The van der Waals surface area contributed by atoms with Crippen LogP contribution in [0.3, 0.4) is 0 Å². The Morgan fingerprint density at radius 3 is 2.49 bits per heavy atom. The molecule has 1 unspecified atom stereocenters. The molecule has 0 saturated carbocycles. The number of nitrogen functional groups attached to an aromatic ring is 1. The number of primary amides is 1. The molecule has 9 nitrogen and oxygen atoms in total. The normalized spacial score (nSPS) is 14.7. The van der Waals surface area contributed by atoms with Crippen molar-refractivity contribution in [3.63, 3.8) is 0 Å². The summed E-state index contributed by atoms with van der Waals surface area (Å²) in [5.74, 6) is -2.14. The number of amides is 2. The molecule has 0 radical (unpaired) electrons. The lowest BCUT2D eigenvalue weighted by atomic mass is 9.98. The van der Waals surface area contributed by atoms with E-state index in [0.717, 1.165) is 30.8 Å². The van der Waals surface area contributed by atoms with Crippen LogP contribution in [0.1, 0.15) is 41.4 Å². The molecule has 4 rings (SSSR count). The van der Waals surface area contributed by atoms with Gasteiger partial charge in [-0.15, -0.1) is 0 Å². The number of carbonyl (C=O) groups excluding carboxylic acids is 2. The highest BCUT2D eigenvalue weighted by Crippen LogP contribution is 2.33. The number of hydrogen-bond donors (Lipinski definition) is 2. The van der Waals surface area contributed by atoms with E-state index in [4.69, 9.17) is 27.8 Å². The van der Waals surface area contributed by atoms with Crippen molar-refractivity contribution in [3.8, 4) is 17.1 Å². The van der Waals surface area contributed by atoms with Crippen molar-refractivity contribution in [1.82, 2.24) is 19.8 Å². The lowest BCUT2D eigenvalue weighted by molar-refractivity contribution is -0.130. The van der Waals surface area contributed by atoms with Gasteiger partial charge in [0.25, 0.3) is 5.88 Å². The number of benzene rings is 2. The third kappa shape index (κ3) is 6.43. The molecule has 39 heavy (non-hydrogen) atoms. The topological polar surface area (TPSA) is 128 Å². The summed E-state index contributed by atoms with van der Waals surface area (Å²) in [6.45, 7) is 6.52. The van der Waals surface area contributed by atoms with Crippen LogP contribution in [-0.2, 0) is 11.2 Å². The van der Waals surface area contributed by atoms with Crippen molar-refractivity contribution in [1.29, 1.82) is 0 Å². The Morgan fingerprint density at radius 2 is 1.82 bits per heavy atom. The lowest BCUT2D eigenvalue weighted by Crippen LogP contribution is -2.48. The first-order chi connectivity index (χ1) is 18.5. The Morgan fingerprint density at radius 1 is 1.13 bits per heavy atom. The molecule has 0 spiro atoms. The standard InChI is InChI=1S/C27H29ClF2N6O3/c1-15(23-20(29)5-6-21(30)24(23)28)39-27-25(31)33-14-22(34-27)19-4-3-18(26(32)38)13-17(19)7-8-35-9-11-36(12-10-35)16(2)37/h3-6,13-15H,7-12H2,1-2H3,(H2,31,33)(H2,32,38). The average molecular weight is 559 g/mol. The molecular formula is C27H29ClF2N6O3. The molecule has 1 saturated heterocycles. The highest BCUT2D eigenvalue weighted by molar-refractivity contribution is 6.31. The van der Waals surface area contributed by atoms with E-state index in [9.17, 15) is 18.4 Å². The van der Waals surface area contributed by atoms with Gasteiger partial charge in [-0.05, 0) is 43.2 Å². The van der Waals surface area contributed by atoms with Gasteiger partial charge in [0.05, 0.1) is 16.9 Å². The van der Waals surface area contributed by atoms with E-state index < -0.39 is 28.7 Å². The summed E-state index contributed by atoms with van der Waals surface area (Å²) in [6.07, 6.45) is 1.02. The van der Waals surface area contributed by atoms with E-state index in [0.29, 0.717) is 42.9 Å². The van der Waals surface area contributed by atoms with Gasteiger partial charge in [0, 0.05) is 56.3 Å². The van der Waals surface area contributed by atoms with Crippen LogP contribution < -0.4 is 16.2 Å². The van der Waals surface area contributed by atoms with Crippen molar-refractivity contribution >= 4 is 29.2 Å². The summed E-state index contributed by atoms with van der Waals surface area (Å²) in [5, 5.41) is -0.390. The van der Waals surface area contributed by atoms with Gasteiger partial charge in [0.1, 0.15) is 17.7 Å². The second-order valence-corrected chi connectivity index (χ2v) is 9.67. The van der Waals surface area contributed by atoms with Crippen LogP contribution in [0.4, 0.5) is 14.6 Å². The molecule has 2 amide bonds. The van der Waals surface area contributed by atoms with Gasteiger partial charge in [0.2, 0.25) is 11.8 Å². The van der Waals surface area contributed by atoms with Crippen LogP contribution in [0, 0.1) is 11.6 Å². The Hall–Kier alpha value is -3.83. The highest BCUT2D eigenvalue weighted by atomic mass is 35.5. The summed E-state index contributed by atoms with van der Waals surface area (Å²) in [7, 11) is 0. The Bertz CT molecular complexity index is 1400. The van der Waals surface area contributed by atoms with Crippen LogP contribution in [0.5, 0.6) is 5.88 Å². The SMILES string of the molecule is CC(=O)N1CCN(CCc2cc(C(N)=O)ccc2-c2cnc(N)c(OC(C)c3c(F)ccc(F)c3Cl)n2)CC1. The van der Waals surface area contributed by atoms with E-state index in [-0.39, 0.29) is 23.2 Å². The van der Waals surface area contributed by atoms with Crippen molar-refractivity contribution < 1.29 is 23.1 Å². The second-order valence-electron chi connectivity index (χ2n) is 9.30. The van der Waals surface area contributed by atoms with Gasteiger partial charge < -0.3 is 21.1 Å². The zero-order valence-electron chi connectivity index (χ0n) is 21.6. The zero-order chi connectivity index (χ0) is 28.3. The quantitative estimate of drug-likeness (QED) is 0.404. The maximum Gasteiger partial charge on any atom is 0.258 e. The minimum absolute atomic E-state index is 0.0443. The zero-order valence-corrected chi connectivity index (χ0v) is 22.3. The van der Waals surface area contributed by atoms with E-state index in [1.54, 1.807) is 25.1 Å². The number of rotatable bonds is 8. The maximum atomic E-state index is 14.4. The number of aromatic nitrogens is 2. The van der Waals surface area contributed by atoms with E-state index in [1.807, 2.05) is 4.90 Å². The Labute approximate surface area is 229 Å². The smallest absolute Gasteiger partial charge is 0.258 e. The van der Waals surface area contributed by atoms with Crippen LogP contribution in [0.15, 0.2) is 36.5 Å². The summed E-state index contributed by atoms with van der Waals surface area (Å²) in [4.78, 5) is 36.2. The molecule has 2 aromatic carbocycles. The molecule has 1 atom stereocenters. The number of anilines is 1. The lowest BCUT2D eigenvalue weighted by Gasteiger charge is -2.34. The molecule has 1 aliphatic rings. The van der Waals surface area contributed by atoms with E-state index >= 15 is 0 Å². The van der Waals surface area contributed by atoms with Crippen LogP contribution in [0.2, 0.25) is 5.02 Å². The minimum Gasteiger partial charge on any atom is -0.467 e. The number of piperazine rings is 1. The number of halogens is 3. The van der Waals surface area contributed by atoms with Crippen molar-refractivity contribution in [3.05, 3.63) is 69.9 Å². The molecule has 0 aliphatic carbocycles. The fourth-order valence-electron chi connectivity index (χ4n) is 4.51. The second kappa shape index (κ2) is 11.9. The van der Waals surface area contributed by atoms with E-state index in [1.165, 1.54) is 13.1 Å². The molecule has 1 fully saturated rings. The van der Waals surface area contributed by atoms with Crippen LogP contribution in [0.25, 0.3) is 11.3 Å². The monoisotopic (exact) mass is 558 g/mol. The number of nitrogens with two attached hydrogens (primary N) is 2. The molecular weight excluding hydrogens is 530 g/mol. The van der Waals surface area contributed by atoms with Crippen molar-refractivity contribution in [2.24, 2.45) is 5.73 Å². The van der Waals surface area contributed by atoms with E-state index in [2.05, 4.69) is 14.9 Å².